The van der Waals surface area contributed by atoms with Crippen molar-refractivity contribution < 1.29 is 14.3 Å². The molecule has 1 aliphatic rings. The minimum absolute atomic E-state index is 0.228. The van der Waals surface area contributed by atoms with Crippen LogP contribution in [0.1, 0.15) is 6.92 Å². The third-order valence-electron chi connectivity index (χ3n) is 1.74. The first kappa shape index (κ1) is 9.63. The van der Waals surface area contributed by atoms with Crippen molar-refractivity contribution in [1.82, 2.24) is 15.5 Å². The highest BCUT2D eigenvalue weighted by atomic mass is 16.6. The van der Waals surface area contributed by atoms with Crippen LogP contribution < -0.4 is 10.6 Å². The highest BCUT2D eigenvalue weighted by Crippen LogP contribution is 2.04. The van der Waals surface area contributed by atoms with Gasteiger partial charge in [0.2, 0.25) is 0 Å². The Morgan fingerprint density at radius 1 is 1.85 bits per heavy atom. The fraction of sp³-hybridized carbons (Fsp3) is 0.714. The summed E-state index contributed by atoms with van der Waals surface area (Å²) < 4.78 is 4.93. The van der Waals surface area contributed by atoms with Gasteiger partial charge in [-0.25, -0.2) is 9.59 Å². The highest BCUT2D eigenvalue weighted by molar-refractivity contribution is 5.77. The predicted molar refractivity (Wildman–Crippen MR) is 45.1 cm³/mol. The lowest BCUT2D eigenvalue weighted by molar-refractivity contribution is 0.0457. The van der Waals surface area contributed by atoms with Crippen LogP contribution in [0.2, 0.25) is 0 Å². The largest absolute Gasteiger partial charge is 0.423 e. The number of alkyl carbamates (subject to hydrolysis) is 1. The summed E-state index contributed by atoms with van der Waals surface area (Å²) in [6.07, 6.45) is -1.00. The van der Waals surface area contributed by atoms with Gasteiger partial charge in [-0.15, -0.1) is 0 Å². The summed E-state index contributed by atoms with van der Waals surface area (Å²) in [5.41, 5.74) is 0. The molecule has 1 rings (SSSR count). The van der Waals surface area contributed by atoms with Crippen LogP contribution in [0.5, 0.6) is 0 Å². The van der Waals surface area contributed by atoms with Crippen LogP contribution in [0.4, 0.5) is 9.59 Å². The van der Waals surface area contributed by atoms with Crippen LogP contribution in [0, 0.1) is 0 Å². The van der Waals surface area contributed by atoms with E-state index in [1.807, 2.05) is 0 Å². The van der Waals surface area contributed by atoms with E-state index >= 15 is 0 Å². The molecule has 1 heterocycles. The summed E-state index contributed by atoms with van der Waals surface area (Å²) in [7, 11) is 1.58. The zero-order chi connectivity index (χ0) is 9.84. The second-order valence-corrected chi connectivity index (χ2v) is 2.69. The van der Waals surface area contributed by atoms with Gasteiger partial charge in [0.1, 0.15) is 0 Å². The summed E-state index contributed by atoms with van der Waals surface area (Å²) >= 11 is 0. The van der Waals surface area contributed by atoms with Crippen molar-refractivity contribution in [3.05, 3.63) is 0 Å². The fourth-order valence-corrected chi connectivity index (χ4v) is 0.997. The molecule has 0 aliphatic carbocycles. The Bertz CT molecular complexity index is 219. The monoisotopic (exact) mass is 187 g/mol. The van der Waals surface area contributed by atoms with Crippen LogP contribution in [-0.2, 0) is 4.74 Å². The Hall–Kier alpha value is -1.46. The molecular weight excluding hydrogens is 174 g/mol. The van der Waals surface area contributed by atoms with E-state index in [0.717, 1.165) is 0 Å². The lowest BCUT2D eigenvalue weighted by Gasteiger charge is -2.17. The first-order chi connectivity index (χ1) is 6.15. The van der Waals surface area contributed by atoms with Crippen LogP contribution >= 0.6 is 0 Å². The summed E-state index contributed by atoms with van der Waals surface area (Å²) in [6, 6.07) is -0.228. The zero-order valence-electron chi connectivity index (χ0n) is 7.66. The Labute approximate surface area is 76.2 Å². The quantitative estimate of drug-likeness (QED) is 0.624. The number of likely N-dealkylation sites (N-methyl/N-ethyl adjacent to an activating group) is 1. The molecule has 74 valence electrons. The first-order valence-corrected chi connectivity index (χ1v) is 4.10. The number of rotatable bonds is 2. The number of carbonyl (C=O) groups excluding carboxylic acids is 2. The Kier molecular flexibility index (Phi) is 2.94. The van der Waals surface area contributed by atoms with Crippen molar-refractivity contribution in [3.63, 3.8) is 0 Å². The molecule has 0 aromatic heterocycles. The molecule has 1 fully saturated rings. The van der Waals surface area contributed by atoms with Gasteiger partial charge in [0.25, 0.3) is 0 Å². The van der Waals surface area contributed by atoms with E-state index in [9.17, 15) is 9.59 Å². The molecule has 0 spiro atoms. The van der Waals surface area contributed by atoms with Crippen molar-refractivity contribution in [2.45, 2.75) is 13.2 Å². The molecule has 6 heteroatoms. The number of hydrogen-bond acceptors (Lipinski definition) is 3. The van der Waals surface area contributed by atoms with Crippen molar-refractivity contribution in [2.24, 2.45) is 0 Å². The molecule has 1 saturated heterocycles. The zero-order valence-corrected chi connectivity index (χ0v) is 7.66. The lowest BCUT2D eigenvalue weighted by Crippen LogP contribution is -2.37. The number of carbonyl (C=O) groups is 2. The van der Waals surface area contributed by atoms with E-state index in [1.165, 1.54) is 4.90 Å². The summed E-state index contributed by atoms with van der Waals surface area (Å²) in [5.74, 6) is 0. The fourth-order valence-electron chi connectivity index (χ4n) is 0.997. The predicted octanol–water partition coefficient (Wildman–Crippen LogP) is -0.286. The van der Waals surface area contributed by atoms with Gasteiger partial charge in [0, 0.05) is 13.6 Å². The standard InChI is InChI=1S/C7H13N3O3/c1-3-8-7(12)13-5-4-9-6(11)10(5)2/h5H,3-4H2,1-2H3,(H,8,12)(H,9,11). The third kappa shape index (κ3) is 2.24. The Balaban J connectivity index is 2.37. The van der Waals surface area contributed by atoms with Crippen molar-refractivity contribution in [1.29, 1.82) is 0 Å². The number of ether oxygens (including phenoxy) is 1. The molecule has 0 aromatic rings. The highest BCUT2D eigenvalue weighted by Gasteiger charge is 2.29. The van der Waals surface area contributed by atoms with Crippen LogP contribution in [-0.4, -0.2) is 43.4 Å². The normalized spacial score (nSPS) is 21.2. The van der Waals surface area contributed by atoms with Gasteiger partial charge < -0.3 is 15.4 Å². The van der Waals surface area contributed by atoms with Crippen molar-refractivity contribution in [2.75, 3.05) is 20.1 Å². The molecule has 0 saturated carbocycles. The third-order valence-corrected chi connectivity index (χ3v) is 1.74. The summed E-state index contributed by atoms with van der Waals surface area (Å²) in [5, 5.41) is 5.03. The van der Waals surface area contributed by atoms with Crippen LogP contribution in [0.25, 0.3) is 0 Å². The Morgan fingerprint density at radius 2 is 2.54 bits per heavy atom. The SMILES string of the molecule is CCNC(=O)OC1CNC(=O)N1C. The molecule has 1 aliphatic heterocycles. The van der Waals surface area contributed by atoms with E-state index in [1.54, 1.807) is 14.0 Å². The van der Waals surface area contributed by atoms with Gasteiger partial charge in [-0.05, 0) is 6.92 Å². The van der Waals surface area contributed by atoms with Gasteiger partial charge >= 0.3 is 12.1 Å². The number of urea groups is 1. The number of hydrogen-bond donors (Lipinski definition) is 2. The minimum Gasteiger partial charge on any atom is -0.423 e. The second-order valence-electron chi connectivity index (χ2n) is 2.69. The number of amides is 3. The molecular formula is C7H13N3O3. The van der Waals surface area contributed by atoms with E-state index in [0.29, 0.717) is 13.1 Å². The smallest absolute Gasteiger partial charge is 0.409 e. The van der Waals surface area contributed by atoms with Gasteiger partial charge in [-0.2, -0.15) is 0 Å². The lowest BCUT2D eigenvalue weighted by atomic mass is 10.5. The molecule has 1 atom stereocenters. The van der Waals surface area contributed by atoms with Gasteiger partial charge in [0.05, 0.1) is 6.54 Å². The minimum atomic E-state index is -0.504. The number of nitrogens with zero attached hydrogens (tertiary/aromatic N) is 1. The summed E-state index contributed by atoms with van der Waals surface area (Å²) in [4.78, 5) is 23.2. The van der Waals surface area contributed by atoms with E-state index in [2.05, 4.69) is 10.6 Å². The number of nitrogens with one attached hydrogen (secondary N) is 2. The van der Waals surface area contributed by atoms with Crippen molar-refractivity contribution >= 4 is 12.1 Å². The van der Waals surface area contributed by atoms with E-state index < -0.39 is 12.3 Å². The molecule has 2 N–H and O–H groups in total. The van der Waals surface area contributed by atoms with Gasteiger partial charge in [-0.1, -0.05) is 0 Å². The molecule has 0 radical (unpaired) electrons. The molecule has 0 aromatic carbocycles. The van der Waals surface area contributed by atoms with E-state index in [4.69, 9.17) is 4.74 Å². The second kappa shape index (κ2) is 3.97. The van der Waals surface area contributed by atoms with E-state index in [-0.39, 0.29) is 6.03 Å². The first-order valence-electron chi connectivity index (χ1n) is 4.10. The molecule has 0 bridgehead atoms. The van der Waals surface area contributed by atoms with Gasteiger partial charge in [-0.3, -0.25) is 4.90 Å². The summed E-state index contributed by atoms with van der Waals surface area (Å²) in [6.45, 7) is 2.64. The van der Waals surface area contributed by atoms with Gasteiger partial charge in [0.15, 0.2) is 6.23 Å². The maximum absolute atomic E-state index is 11.0. The average Bonchev–Trinajstić information content (AvgIpc) is 2.37. The average molecular weight is 187 g/mol. The topological polar surface area (TPSA) is 70.7 Å². The molecule has 13 heavy (non-hydrogen) atoms. The van der Waals surface area contributed by atoms with Crippen LogP contribution in [0.15, 0.2) is 0 Å². The Morgan fingerprint density at radius 3 is 3.00 bits per heavy atom. The molecule has 1 unspecified atom stereocenters. The molecule has 6 nitrogen and oxygen atoms in total. The maximum Gasteiger partial charge on any atom is 0.409 e. The van der Waals surface area contributed by atoms with Crippen LogP contribution in [0.3, 0.4) is 0 Å². The maximum atomic E-state index is 11.0. The molecule has 3 amide bonds. The van der Waals surface area contributed by atoms with Crippen molar-refractivity contribution in [3.8, 4) is 0 Å².